The molecule has 4 nitrogen and oxygen atoms in total. The SMILES string of the molecule is CC(O)CCNC(C)CC(CCCOC(C)(C)C)CCOC(C)(C)C. The molecule has 0 radical (unpaired) electrons. The number of rotatable bonds is 13. The van der Waals surface area contributed by atoms with Crippen molar-refractivity contribution < 1.29 is 14.6 Å². The first-order valence-electron chi connectivity index (χ1n) is 10.1. The van der Waals surface area contributed by atoms with Gasteiger partial charge in [-0.15, -0.1) is 0 Å². The zero-order chi connectivity index (χ0) is 19.5. The van der Waals surface area contributed by atoms with Crippen LogP contribution >= 0.6 is 0 Å². The maximum Gasteiger partial charge on any atom is 0.0598 e. The first-order valence-corrected chi connectivity index (χ1v) is 10.1. The van der Waals surface area contributed by atoms with Gasteiger partial charge >= 0.3 is 0 Å². The van der Waals surface area contributed by atoms with Gasteiger partial charge in [-0.05, 0) is 100.0 Å². The van der Waals surface area contributed by atoms with Crippen LogP contribution in [-0.2, 0) is 9.47 Å². The molecule has 2 N–H and O–H groups in total. The summed E-state index contributed by atoms with van der Waals surface area (Å²) in [7, 11) is 0. The molecule has 0 saturated carbocycles. The van der Waals surface area contributed by atoms with Gasteiger partial charge in [0, 0.05) is 19.3 Å². The average Bonchev–Trinajstić information content (AvgIpc) is 2.40. The second-order valence-electron chi connectivity index (χ2n) is 9.45. The van der Waals surface area contributed by atoms with Crippen LogP contribution < -0.4 is 5.32 Å². The van der Waals surface area contributed by atoms with E-state index in [1.165, 1.54) is 6.42 Å². The summed E-state index contributed by atoms with van der Waals surface area (Å²) in [5.74, 6) is 0.639. The van der Waals surface area contributed by atoms with Gasteiger partial charge in [-0.2, -0.15) is 0 Å². The van der Waals surface area contributed by atoms with Crippen LogP contribution in [0.25, 0.3) is 0 Å². The van der Waals surface area contributed by atoms with Gasteiger partial charge in [0.05, 0.1) is 17.3 Å². The molecule has 0 aliphatic heterocycles. The Labute approximate surface area is 157 Å². The third-order valence-electron chi connectivity index (χ3n) is 4.09. The van der Waals surface area contributed by atoms with Crippen LogP contribution in [0.15, 0.2) is 0 Å². The summed E-state index contributed by atoms with van der Waals surface area (Å²) in [5.41, 5.74) is -0.123. The van der Waals surface area contributed by atoms with Gasteiger partial charge in [-0.3, -0.25) is 0 Å². The number of aliphatic hydroxyl groups excluding tert-OH is 1. The van der Waals surface area contributed by atoms with Crippen molar-refractivity contribution in [2.75, 3.05) is 19.8 Å². The van der Waals surface area contributed by atoms with Crippen molar-refractivity contribution in [3.8, 4) is 0 Å². The standard InChI is InChI=1S/C21H45NO3/c1-17(22-13-11-18(2)23)16-19(12-15-25-21(6,7)8)10-9-14-24-20(3,4)5/h17-19,22-23H,9-16H2,1-8H3. The minimum atomic E-state index is -0.231. The van der Waals surface area contributed by atoms with Crippen LogP contribution in [0.4, 0.5) is 0 Å². The Morgan fingerprint density at radius 1 is 0.840 bits per heavy atom. The smallest absolute Gasteiger partial charge is 0.0598 e. The third kappa shape index (κ3) is 18.4. The quantitative estimate of drug-likeness (QED) is 0.474. The van der Waals surface area contributed by atoms with Crippen molar-refractivity contribution >= 4 is 0 Å². The van der Waals surface area contributed by atoms with Crippen molar-refractivity contribution in [2.24, 2.45) is 5.92 Å². The highest BCUT2D eigenvalue weighted by Crippen LogP contribution is 2.20. The Morgan fingerprint density at radius 3 is 1.92 bits per heavy atom. The molecule has 0 aliphatic rings. The largest absolute Gasteiger partial charge is 0.393 e. The van der Waals surface area contributed by atoms with Crippen molar-refractivity contribution in [3.63, 3.8) is 0 Å². The molecule has 0 aromatic carbocycles. The summed E-state index contributed by atoms with van der Waals surface area (Å²) in [5, 5.41) is 12.9. The molecule has 0 rings (SSSR count). The first kappa shape index (κ1) is 24.8. The third-order valence-corrected chi connectivity index (χ3v) is 4.09. The number of aliphatic hydroxyl groups is 1. The maximum atomic E-state index is 9.38. The fourth-order valence-electron chi connectivity index (χ4n) is 2.78. The predicted octanol–water partition coefficient (Wildman–Crippen LogP) is 4.54. The Kier molecular flexibility index (Phi) is 12.2. The van der Waals surface area contributed by atoms with Crippen molar-refractivity contribution in [1.29, 1.82) is 0 Å². The molecule has 3 unspecified atom stereocenters. The van der Waals surface area contributed by atoms with Gasteiger partial charge in [0.15, 0.2) is 0 Å². The van der Waals surface area contributed by atoms with Crippen molar-refractivity contribution in [1.82, 2.24) is 5.32 Å². The number of hydrogen-bond donors (Lipinski definition) is 2. The molecule has 0 aromatic rings. The molecule has 25 heavy (non-hydrogen) atoms. The molecule has 3 atom stereocenters. The maximum absolute atomic E-state index is 9.38. The van der Waals surface area contributed by atoms with E-state index in [1.54, 1.807) is 0 Å². The predicted molar refractivity (Wildman–Crippen MR) is 107 cm³/mol. The van der Waals surface area contributed by atoms with Crippen molar-refractivity contribution in [3.05, 3.63) is 0 Å². The molecule has 0 saturated heterocycles. The summed E-state index contributed by atoms with van der Waals surface area (Å²) in [4.78, 5) is 0. The minimum Gasteiger partial charge on any atom is -0.393 e. The summed E-state index contributed by atoms with van der Waals surface area (Å²) in [6.45, 7) is 19.2. The lowest BCUT2D eigenvalue weighted by Gasteiger charge is -2.26. The van der Waals surface area contributed by atoms with Crippen LogP contribution in [0.1, 0.15) is 87.5 Å². The summed E-state index contributed by atoms with van der Waals surface area (Å²) in [6.07, 6.45) is 5.08. The highest BCUT2D eigenvalue weighted by Gasteiger charge is 2.17. The zero-order valence-electron chi connectivity index (χ0n) is 18.2. The molecule has 0 aromatic heterocycles. The van der Waals surface area contributed by atoms with Crippen LogP contribution in [0, 0.1) is 5.92 Å². The minimum absolute atomic E-state index is 0.0549. The molecule has 0 spiro atoms. The highest BCUT2D eigenvalue weighted by atomic mass is 16.5. The van der Waals surface area contributed by atoms with E-state index in [2.05, 4.69) is 53.8 Å². The second-order valence-corrected chi connectivity index (χ2v) is 9.45. The van der Waals surface area contributed by atoms with E-state index in [9.17, 15) is 5.11 Å². The number of nitrogens with one attached hydrogen (secondary N) is 1. The Hall–Kier alpha value is -0.160. The molecular formula is C21H45NO3. The zero-order valence-corrected chi connectivity index (χ0v) is 18.2. The van der Waals surface area contributed by atoms with Gasteiger partial charge in [0.1, 0.15) is 0 Å². The van der Waals surface area contributed by atoms with E-state index in [0.717, 1.165) is 45.4 Å². The second kappa shape index (κ2) is 12.3. The lowest BCUT2D eigenvalue weighted by atomic mass is 9.92. The summed E-state index contributed by atoms with van der Waals surface area (Å²) >= 11 is 0. The van der Waals surface area contributed by atoms with E-state index in [0.29, 0.717) is 12.0 Å². The first-order chi connectivity index (χ1) is 11.4. The van der Waals surface area contributed by atoms with E-state index < -0.39 is 0 Å². The van der Waals surface area contributed by atoms with Gasteiger partial charge in [-0.1, -0.05) is 0 Å². The molecular weight excluding hydrogens is 314 g/mol. The summed E-state index contributed by atoms with van der Waals surface area (Å²) in [6, 6.07) is 0.460. The van der Waals surface area contributed by atoms with Gasteiger partial charge < -0.3 is 19.9 Å². The molecule has 0 aliphatic carbocycles. The number of hydrogen-bond acceptors (Lipinski definition) is 4. The van der Waals surface area contributed by atoms with Crippen LogP contribution in [0.2, 0.25) is 0 Å². The van der Waals surface area contributed by atoms with Gasteiger partial charge in [-0.25, -0.2) is 0 Å². The molecule has 4 heteroatoms. The molecule has 0 amide bonds. The highest BCUT2D eigenvalue weighted by molar-refractivity contribution is 4.70. The normalized spacial score (nSPS) is 16.7. The van der Waals surface area contributed by atoms with Gasteiger partial charge in [0.2, 0.25) is 0 Å². The molecule has 152 valence electrons. The topological polar surface area (TPSA) is 50.7 Å². The lowest BCUT2D eigenvalue weighted by molar-refractivity contribution is -0.0161. The van der Waals surface area contributed by atoms with E-state index in [1.807, 2.05) is 6.92 Å². The molecule has 0 bridgehead atoms. The van der Waals surface area contributed by atoms with Crippen LogP contribution in [-0.4, -0.2) is 48.2 Å². The van der Waals surface area contributed by atoms with Crippen molar-refractivity contribution in [2.45, 2.75) is 111 Å². The summed E-state index contributed by atoms with van der Waals surface area (Å²) < 4.78 is 11.8. The average molecular weight is 360 g/mol. The number of ether oxygens (including phenoxy) is 2. The van der Waals surface area contributed by atoms with Crippen LogP contribution in [0.3, 0.4) is 0 Å². The Balaban J connectivity index is 4.26. The van der Waals surface area contributed by atoms with E-state index in [-0.39, 0.29) is 17.3 Å². The van der Waals surface area contributed by atoms with E-state index in [4.69, 9.17) is 9.47 Å². The molecule has 0 heterocycles. The molecule has 0 fully saturated rings. The Bertz CT molecular complexity index is 318. The fraction of sp³-hybridized carbons (Fsp3) is 1.00. The fourth-order valence-corrected chi connectivity index (χ4v) is 2.78. The monoisotopic (exact) mass is 359 g/mol. The Morgan fingerprint density at radius 2 is 1.40 bits per heavy atom. The lowest BCUT2D eigenvalue weighted by Crippen LogP contribution is -2.31. The van der Waals surface area contributed by atoms with E-state index >= 15 is 0 Å². The van der Waals surface area contributed by atoms with Gasteiger partial charge in [0.25, 0.3) is 0 Å². The van der Waals surface area contributed by atoms with Crippen LogP contribution in [0.5, 0.6) is 0 Å².